The lowest BCUT2D eigenvalue weighted by Gasteiger charge is -2.39. The molecule has 0 aromatic carbocycles. The second-order valence-electron chi connectivity index (χ2n) is 5.81. The van der Waals surface area contributed by atoms with E-state index in [-0.39, 0.29) is 0 Å². The summed E-state index contributed by atoms with van der Waals surface area (Å²) in [6, 6.07) is 1.79. The molecule has 2 heterocycles. The maximum Gasteiger partial charge on any atom is 0.149 e. The van der Waals surface area contributed by atoms with Crippen molar-refractivity contribution in [3.05, 3.63) is 16.1 Å². The number of piperidine rings is 1. The molecule has 1 aromatic rings. The third kappa shape index (κ3) is 3.32. The van der Waals surface area contributed by atoms with Crippen molar-refractivity contribution in [1.82, 2.24) is 4.98 Å². The van der Waals surface area contributed by atoms with Crippen LogP contribution in [0.5, 0.6) is 0 Å². The molecule has 0 saturated carbocycles. The number of nitrogens with one attached hydrogen (secondary N) is 1. The molecule has 0 aliphatic carbocycles. The van der Waals surface area contributed by atoms with Crippen LogP contribution >= 0.6 is 23.2 Å². The van der Waals surface area contributed by atoms with Crippen LogP contribution in [0.3, 0.4) is 0 Å². The van der Waals surface area contributed by atoms with Gasteiger partial charge in [-0.2, -0.15) is 0 Å². The molecule has 5 heteroatoms. The molecule has 1 aromatic heterocycles. The summed E-state index contributed by atoms with van der Waals surface area (Å²) in [4.78, 5) is 6.88. The summed E-state index contributed by atoms with van der Waals surface area (Å²) in [5, 5.41) is 4.40. The van der Waals surface area contributed by atoms with Crippen LogP contribution in [0.4, 0.5) is 11.6 Å². The summed E-state index contributed by atoms with van der Waals surface area (Å²) in [6.45, 7) is 9.47. The van der Waals surface area contributed by atoms with E-state index in [1.54, 1.807) is 6.07 Å². The van der Waals surface area contributed by atoms with E-state index >= 15 is 0 Å². The first kappa shape index (κ1) is 15.7. The molecular weight excluding hydrogens is 293 g/mol. The summed E-state index contributed by atoms with van der Waals surface area (Å²) in [5.41, 5.74) is 0.458. The van der Waals surface area contributed by atoms with Gasteiger partial charge in [-0.1, -0.05) is 43.5 Å². The van der Waals surface area contributed by atoms with E-state index in [1.165, 1.54) is 19.3 Å². The molecule has 0 unspecified atom stereocenters. The highest BCUT2D eigenvalue weighted by Crippen LogP contribution is 2.38. The van der Waals surface area contributed by atoms with Gasteiger partial charge < -0.3 is 10.2 Å². The minimum Gasteiger partial charge on any atom is -0.369 e. The van der Waals surface area contributed by atoms with Gasteiger partial charge in [-0.25, -0.2) is 4.98 Å². The van der Waals surface area contributed by atoms with Crippen LogP contribution in [0, 0.1) is 5.41 Å². The fourth-order valence-corrected chi connectivity index (χ4v) is 3.13. The van der Waals surface area contributed by atoms with Crippen LogP contribution in [0.25, 0.3) is 0 Å². The zero-order chi connectivity index (χ0) is 14.8. The van der Waals surface area contributed by atoms with Gasteiger partial charge in [0.2, 0.25) is 0 Å². The zero-order valence-electron chi connectivity index (χ0n) is 12.5. The number of aromatic nitrogens is 1. The Bertz CT molecular complexity index is 468. The molecule has 1 N–H and O–H groups in total. The standard InChI is InChI=1S/C15H23Cl2N3/c1-4-15(3)6-8-20(9-7-15)14-12(17)10-11(16)13(19-14)18-5-2/h10H,4-9H2,1-3H3,(H,18,19). The summed E-state index contributed by atoms with van der Waals surface area (Å²) in [5.74, 6) is 1.57. The average Bonchev–Trinajstić information content (AvgIpc) is 2.43. The van der Waals surface area contributed by atoms with Gasteiger partial charge in [0.1, 0.15) is 11.6 Å². The number of pyridine rings is 1. The molecule has 0 bridgehead atoms. The predicted molar refractivity (Wildman–Crippen MR) is 88.3 cm³/mol. The first-order valence-corrected chi connectivity index (χ1v) is 8.09. The van der Waals surface area contributed by atoms with Crippen molar-refractivity contribution in [3.63, 3.8) is 0 Å². The molecule has 0 atom stereocenters. The zero-order valence-corrected chi connectivity index (χ0v) is 14.0. The van der Waals surface area contributed by atoms with Gasteiger partial charge in [0.15, 0.2) is 0 Å². The molecule has 0 amide bonds. The molecule has 1 fully saturated rings. The first-order chi connectivity index (χ1) is 9.49. The van der Waals surface area contributed by atoms with E-state index in [1.807, 2.05) is 6.92 Å². The van der Waals surface area contributed by atoms with Crippen molar-refractivity contribution in [2.24, 2.45) is 5.41 Å². The first-order valence-electron chi connectivity index (χ1n) is 7.34. The maximum absolute atomic E-state index is 6.32. The van der Waals surface area contributed by atoms with Gasteiger partial charge in [0.25, 0.3) is 0 Å². The Morgan fingerprint density at radius 2 is 1.90 bits per heavy atom. The van der Waals surface area contributed by atoms with Crippen LogP contribution in [0.2, 0.25) is 10.0 Å². The van der Waals surface area contributed by atoms with E-state index in [0.717, 1.165) is 31.3 Å². The third-order valence-corrected chi connectivity index (χ3v) is 4.95. The van der Waals surface area contributed by atoms with Gasteiger partial charge in [0, 0.05) is 19.6 Å². The molecular formula is C15H23Cl2N3. The number of hydrogen-bond acceptors (Lipinski definition) is 3. The lowest BCUT2D eigenvalue weighted by atomic mass is 9.78. The monoisotopic (exact) mass is 315 g/mol. The van der Waals surface area contributed by atoms with Crippen LogP contribution in [-0.4, -0.2) is 24.6 Å². The average molecular weight is 316 g/mol. The minimum absolute atomic E-state index is 0.458. The van der Waals surface area contributed by atoms with E-state index < -0.39 is 0 Å². The highest BCUT2D eigenvalue weighted by Gasteiger charge is 2.29. The summed E-state index contributed by atoms with van der Waals surface area (Å²) in [6.07, 6.45) is 3.59. The quantitative estimate of drug-likeness (QED) is 0.862. The molecule has 1 saturated heterocycles. The van der Waals surface area contributed by atoms with Crippen molar-refractivity contribution < 1.29 is 0 Å². The van der Waals surface area contributed by atoms with E-state index in [4.69, 9.17) is 23.2 Å². The molecule has 3 nitrogen and oxygen atoms in total. The highest BCUT2D eigenvalue weighted by molar-refractivity contribution is 6.37. The number of nitrogens with zero attached hydrogens (tertiary/aromatic N) is 2. The van der Waals surface area contributed by atoms with E-state index in [2.05, 4.69) is 29.0 Å². The van der Waals surface area contributed by atoms with Crippen molar-refractivity contribution >= 4 is 34.8 Å². The molecule has 1 aliphatic heterocycles. The van der Waals surface area contributed by atoms with Crippen molar-refractivity contribution in [3.8, 4) is 0 Å². The predicted octanol–water partition coefficient (Wildman–Crippen LogP) is 4.84. The highest BCUT2D eigenvalue weighted by atomic mass is 35.5. The number of halogens is 2. The third-order valence-electron chi connectivity index (χ3n) is 4.38. The van der Waals surface area contributed by atoms with Crippen molar-refractivity contribution in [2.75, 3.05) is 29.9 Å². The SMILES string of the molecule is CCNc1nc(N2CCC(C)(CC)CC2)c(Cl)cc1Cl. The lowest BCUT2D eigenvalue weighted by molar-refractivity contribution is 0.238. The fourth-order valence-electron chi connectivity index (χ4n) is 2.58. The fraction of sp³-hybridized carbons (Fsp3) is 0.667. The maximum atomic E-state index is 6.32. The Kier molecular flexibility index (Phi) is 5.03. The molecule has 112 valence electrons. The van der Waals surface area contributed by atoms with Gasteiger partial charge in [-0.15, -0.1) is 0 Å². The normalized spacial score (nSPS) is 18.1. The largest absolute Gasteiger partial charge is 0.369 e. The van der Waals surface area contributed by atoms with Gasteiger partial charge in [-0.05, 0) is 31.2 Å². The number of hydrogen-bond donors (Lipinski definition) is 1. The van der Waals surface area contributed by atoms with Crippen LogP contribution in [-0.2, 0) is 0 Å². The minimum atomic E-state index is 0.458. The van der Waals surface area contributed by atoms with E-state index in [9.17, 15) is 0 Å². The number of anilines is 2. The molecule has 1 aliphatic rings. The molecule has 0 radical (unpaired) electrons. The summed E-state index contributed by atoms with van der Waals surface area (Å²) >= 11 is 12.5. The van der Waals surface area contributed by atoms with Crippen LogP contribution in [0.1, 0.15) is 40.0 Å². The topological polar surface area (TPSA) is 28.2 Å². The Morgan fingerprint density at radius 3 is 2.45 bits per heavy atom. The smallest absolute Gasteiger partial charge is 0.149 e. The Labute approximate surface area is 131 Å². The van der Waals surface area contributed by atoms with Crippen LogP contribution < -0.4 is 10.2 Å². The number of rotatable bonds is 4. The Morgan fingerprint density at radius 1 is 1.25 bits per heavy atom. The molecule has 0 spiro atoms. The summed E-state index contributed by atoms with van der Waals surface area (Å²) in [7, 11) is 0. The molecule has 2 rings (SSSR count). The van der Waals surface area contributed by atoms with E-state index in [0.29, 0.717) is 15.5 Å². The second-order valence-corrected chi connectivity index (χ2v) is 6.62. The van der Waals surface area contributed by atoms with Gasteiger partial charge in [0.05, 0.1) is 10.0 Å². The Hall–Kier alpha value is -0.670. The lowest BCUT2D eigenvalue weighted by Crippen LogP contribution is -2.39. The van der Waals surface area contributed by atoms with Gasteiger partial charge >= 0.3 is 0 Å². The van der Waals surface area contributed by atoms with Crippen LogP contribution in [0.15, 0.2) is 6.07 Å². The van der Waals surface area contributed by atoms with Gasteiger partial charge in [-0.3, -0.25) is 0 Å². The summed E-state index contributed by atoms with van der Waals surface area (Å²) < 4.78 is 0. The van der Waals surface area contributed by atoms with Crippen molar-refractivity contribution in [1.29, 1.82) is 0 Å². The Balaban J connectivity index is 2.19. The second kappa shape index (κ2) is 6.40. The van der Waals surface area contributed by atoms with Crippen molar-refractivity contribution in [2.45, 2.75) is 40.0 Å². The molecule has 20 heavy (non-hydrogen) atoms.